The summed E-state index contributed by atoms with van der Waals surface area (Å²) in [5.74, 6) is -0.839. The van der Waals surface area contributed by atoms with Crippen molar-refractivity contribution in [3.63, 3.8) is 0 Å². The third-order valence-electron chi connectivity index (χ3n) is 2.27. The molecule has 0 saturated carbocycles. The normalized spacial score (nSPS) is 11.6. The van der Waals surface area contributed by atoms with Gasteiger partial charge in [0.1, 0.15) is 10.7 Å². The molecule has 17 heavy (non-hydrogen) atoms. The molecule has 1 heterocycles. The van der Waals surface area contributed by atoms with E-state index in [9.17, 15) is 12.8 Å². The zero-order chi connectivity index (χ0) is 12.5. The average molecular weight is 255 g/mol. The van der Waals surface area contributed by atoms with Crippen LogP contribution in [0, 0.1) is 5.82 Å². The Balaban J connectivity index is 2.32. The Morgan fingerprint density at radius 1 is 1.35 bits per heavy atom. The van der Waals surface area contributed by atoms with Crippen LogP contribution in [0.2, 0.25) is 0 Å². The Morgan fingerprint density at radius 3 is 2.65 bits per heavy atom. The lowest BCUT2D eigenvalue weighted by atomic mass is 10.1. The van der Waals surface area contributed by atoms with Crippen LogP contribution in [-0.4, -0.2) is 18.6 Å². The van der Waals surface area contributed by atoms with Gasteiger partial charge in [0.05, 0.1) is 6.20 Å². The zero-order valence-electron chi connectivity index (χ0n) is 8.72. The summed E-state index contributed by atoms with van der Waals surface area (Å²) in [6, 6.07) is 3.85. The van der Waals surface area contributed by atoms with E-state index in [-0.39, 0.29) is 0 Å². The number of sulfonamides is 1. The van der Waals surface area contributed by atoms with Crippen LogP contribution in [0.3, 0.4) is 0 Å². The van der Waals surface area contributed by atoms with Crippen molar-refractivity contribution < 1.29 is 12.8 Å². The molecule has 1 aromatic carbocycles. The molecule has 0 spiro atoms. The molecular weight excluding hydrogens is 245 g/mol. The number of hydrogen-bond donors (Lipinski definition) is 2. The highest BCUT2D eigenvalue weighted by Gasteiger charge is 2.14. The van der Waals surface area contributed by atoms with Crippen LogP contribution in [0.15, 0.2) is 35.5 Å². The summed E-state index contributed by atoms with van der Waals surface area (Å²) < 4.78 is 35.5. The summed E-state index contributed by atoms with van der Waals surface area (Å²) in [5, 5.41) is 11.3. The van der Waals surface area contributed by atoms with E-state index in [2.05, 4.69) is 10.2 Å². The van der Waals surface area contributed by atoms with Gasteiger partial charge < -0.3 is 0 Å². The molecule has 1 aromatic heterocycles. The van der Waals surface area contributed by atoms with E-state index < -0.39 is 20.7 Å². The summed E-state index contributed by atoms with van der Waals surface area (Å²) >= 11 is 0. The quantitative estimate of drug-likeness (QED) is 0.849. The molecule has 0 radical (unpaired) electrons. The number of hydrogen-bond acceptors (Lipinski definition) is 3. The highest BCUT2D eigenvalue weighted by Crippen LogP contribution is 2.16. The predicted molar refractivity (Wildman–Crippen MR) is 59.2 cm³/mol. The van der Waals surface area contributed by atoms with Gasteiger partial charge in [0.2, 0.25) is 10.0 Å². The van der Waals surface area contributed by atoms with E-state index in [0.29, 0.717) is 12.0 Å². The molecule has 0 amide bonds. The molecule has 2 rings (SSSR count). The highest BCUT2D eigenvalue weighted by molar-refractivity contribution is 7.89. The van der Waals surface area contributed by atoms with Crippen LogP contribution in [0.5, 0.6) is 0 Å². The van der Waals surface area contributed by atoms with Gasteiger partial charge in [-0.3, -0.25) is 5.10 Å². The van der Waals surface area contributed by atoms with E-state index in [0.717, 1.165) is 11.6 Å². The molecule has 7 heteroatoms. The van der Waals surface area contributed by atoms with Crippen molar-refractivity contribution in [1.29, 1.82) is 0 Å². The fraction of sp³-hybridized carbons (Fsp3) is 0.100. The molecule has 0 bridgehead atoms. The minimum Gasteiger partial charge on any atom is -0.285 e. The predicted octanol–water partition coefficient (Wildman–Crippen LogP) is 0.787. The lowest BCUT2D eigenvalue weighted by molar-refractivity contribution is 0.567. The second-order valence-electron chi connectivity index (χ2n) is 3.59. The molecule has 0 atom stereocenters. The fourth-order valence-corrected chi connectivity index (χ4v) is 2.08. The summed E-state index contributed by atoms with van der Waals surface area (Å²) in [6.45, 7) is 0. The van der Waals surface area contributed by atoms with Crippen molar-refractivity contribution in [2.45, 2.75) is 11.3 Å². The maximum Gasteiger partial charge on any atom is 0.240 e. The summed E-state index contributed by atoms with van der Waals surface area (Å²) in [7, 11) is -4.01. The molecule has 2 aromatic rings. The van der Waals surface area contributed by atoms with E-state index >= 15 is 0 Å². The number of nitrogens with zero attached hydrogens (tertiary/aromatic N) is 1. The zero-order valence-corrected chi connectivity index (χ0v) is 9.54. The van der Waals surface area contributed by atoms with Gasteiger partial charge in [-0.15, -0.1) is 0 Å². The molecule has 3 N–H and O–H groups in total. The lowest BCUT2D eigenvalue weighted by Gasteiger charge is -2.03. The number of benzene rings is 1. The Hall–Kier alpha value is -1.73. The topological polar surface area (TPSA) is 88.8 Å². The van der Waals surface area contributed by atoms with Crippen molar-refractivity contribution in [2.75, 3.05) is 0 Å². The number of aromatic nitrogens is 2. The number of nitrogens with two attached hydrogens (primary N) is 1. The summed E-state index contributed by atoms with van der Waals surface area (Å²) in [6.07, 6.45) is 3.77. The minimum atomic E-state index is -4.01. The van der Waals surface area contributed by atoms with Crippen molar-refractivity contribution in [3.8, 4) is 0 Å². The summed E-state index contributed by atoms with van der Waals surface area (Å²) in [4.78, 5) is -0.492. The maximum atomic E-state index is 13.5. The third kappa shape index (κ3) is 2.69. The van der Waals surface area contributed by atoms with Gasteiger partial charge in [-0.05, 0) is 23.3 Å². The molecule has 0 aliphatic heterocycles. The van der Waals surface area contributed by atoms with E-state index in [1.165, 1.54) is 12.1 Å². The Kier molecular flexibility index (Phi) is 2.95. The first-order valence-corrected chi connectivity index (χ1v) is 6.30. The van der Waals surface area contributed by atoms with Crippen LogP contribution >= 0.6 is 0 Å². The molecule has 90 valence electrons. The number of H-pyrrole nitrogens is 1. The summed E-state index contributed by atoms with van der Waals surface area (Å²) in [5.41, 5.74) is 1.53. The molecule has 5 nitrogen and oxygen atoms in total. The van der Waals surface area contributed by atoms with Gasteiger partial charge >= 0.3 is 0 Å². The highest BCUT2D eigenvalue weighted by atomic mass is 32.2. The first kappa shape index (κ1) is 11.7. The number of aromatic amines is 1. The van der Waals surface area contributed by atoms with Gasteiger partial charge in [0.25, 0.3) is 0 Å². The SMILES string of the molecule is NS(=O)(=O)c1ccc(Cc2cn[nH]c2)cc1F. The smallest absolute Gasteiger partial charge is 0.240 e. The van der Waals surface area contributed by atoms with Gasteiger partial charge in [-0.2, -0.15) is 5.10 Å². The molecule has 0 aliphatic rings. The molecule has 0 fully saturated rings. The number of rotatable bonds is 3. The van der Waals surface area contributed by atoms with Gasteiger partial charge in [-0.1, -0.05) is 6.07 Å². The minimum absolute atomic E-state index is 0.471. The molecule has 0 unspecified atom stereocenters. The van der Waals surface area contributed by atoms with Gasteiger partial charge in [0, 0.05) is 12.6 Å². The molecular formula is C10H10FN3O2S. The Morgan fingerprint density at radius 2 is 2.12 bits per heavy atom. The monoisotopic (exact) mass is 255 g/mol. The molecule has 0 saturated heterocycles. The number of primary sulfonamides is 1. The Bertz CT molecular complexity index is 623. The van der Waals surface area contributed by atoms with Gasteiger partial charge in [-0.25, -0.2) is 17.9 Å². The van der Waals surface area contributed by atoms with Crippen molar-refractivity contribution in [2.24, 2.45) is 5.14 Å². The second-order valence-corrected chi connectivity index (χ2v) is 5.12. The van der Waals surface area contributed by atoms with Crippen LogP contribution in [0.4, 0.5) is 4.39 Å². The average Bonchev–Trinajstić information content (AvgIpc) is 2.68. The van der Waals surface area contributed by atoms with Crippen LogP contribution in [0.1, 0.15) is 11.1 Å². The lowest BCUT2D eigenvalue weighted by Crippen LogP contribution is -2.14. The van der Waals surface area contributed by atoms with Crippen LogP contribution in [-0.2, 0) is 16.4 Å². The van der Waals surface area contributed by atoms with E-state index in [4.69, 9.17) is 5.14 Å². The largest absolute Gasteiger partial charge is 0.285 e. The van der Waals surface area contributed by atoms with Crippen LogP contribution in [0.25, 0.3) is 0 Å². The maximum absolute atomic E-state index is 13.5. The number of halogens is 1. The van der Waals surface area contributed by atoms with E-state index in [1.807, 2.05) is 0 Å². The van der Waals surface area contributed by atoms with Crippen molar-refractivity contribution in [3.05, 3.63) is 47.5 Å². The first-order valence-electron chi connectivity index (χ1n) is 4.76. The third-order valence-corrected chi connectivity index (χ3v) is 3.21. The first-order chi connectivity index (χ1) is 7.97. The fourth-order valence-electron chi connectivity index (χ4n) is 1.50. The van der Waals surface area contributed by atoms with Crippen molar-refractivity contribution in [1.82, 2.24) is 10.2 Å². The second kappa shape index (κ2) is 4.27. The van der Waals surface area contributed by atoms with Gasteiger partial charge in [0.15, 0.2) is 0 Å². The Labute approximate surface area is 97.5 Å². The standard InChI is InChI=1S/C10H10FN3O2S/c11-9-4-7(3-8-5-13-14-6-8)1-2-10(9)17(12,15)16/h1-2,4-6H,3H2,(H,13,14)(H2,12,15,16). The number of nitrogens with one attached hydrogen (secondary N) is 1. The van der Waals surface area contributed by atoms with Crippen molar-refractivity contribution >= 4 is 10.0 Å². The van der Waals surface area contributed by atoms with E-state index in [1.54, 1.807) is 12.4 Å². The van der Waals surface area contributed by atoms with Crippen LogP contribution < -0.4 is 5.14 Å². The molecule has 0 aliphatic carbocycles.